The van der Waals surface area contributed by atoms with Gasteiger partial charge in [0.15, 0.2) is 11.6 Å². The Hall–Kier alpha value is -2.93. The summed E-state index contributed by atoms with van der Waals surface area (Å²) in [5.41, 5.74) is -1.35. The summed E-state index contributed by atoms with van der Waals surface area (Å²) in [5, 5.41) is 31.0. The third kappa shape index (κ3) is 4.48. The zero-order chi connectivity index (χ0) is 21.2. The van der Waals surface area contributed by atoms with Crippen LogP contribution in [0.25, 0.3) is 0 Å². The van der Waals surface area contributed by atoms with Gasteiger partial charge in [-0.25, -0.2) is 4.79 Å². The maximum absolute atomic E-state index is 12.3. The highest BCUT2D eigenvalue weighted by molar-refractivity contribution is 6.24. The molecule has 0 radical (unpaired) electrons. The van der Waals surface area contributed by atoms with Crippen LogP contribution in [0.1, 0.15) is 72.9 Å². The van der Waals surface area contributed by atoms with E-state index in [0.717, 1.165) is 18.2 Å². The lowest BCUT2D eigenvalue weighted by Crippen LogP contribution is -2.22. The van der Waals surface area contributed by atoms with E-state index in [9.17, 15) is 29.7 Å². The van der Waals surface area contributed by atoms with Crippen LogP contribution in [0.5, 0.6) is 11.5 Å². The fraction of sp³-hybridized carbons (Fsp3) is 0.381. The number of fused-ring (bicyclic) bond motifs is 1. The molecular weight excluding hydrogens is 364 g/mol. The van der Waals surface area contributed by atoms with E-state index in [1.165, 1.54) is 0 Å². The van der Waals surface area contributed by atoms with Crippen LogP contribution in [-0.4, -0.2) is 38.5 Å². The Morgan fingerprint density at radius 3 is 2.29 bits per heavy atom. The molecule has 0 unspecified atom stereocenters. The molecule has 28 heavy (non-hydrogen) atoms. The minimum absolute atomic E-state index is 0.00537. The number of esters is 1. The van der Waals surface area contributed by atoms with E-state index in [1.807, 2.05) is 0 Å². The molecule has 0 saturated heterocycles. The summed E-state index contributed by atoms with van der Waals surface area (Å²) in [4.78, 5) is 36.5. The molecule has 0 spiro atoms. The molecule has 0 saturated carbocycles. The zero-order valence-electron chi connectivity index (χ0n) is 16.3. The normalized spacial score (nSPS) is 15.4. The molecule has 1 aromatic rings. The number of ketones is 2. The van der Waals surface area contributed by atoms with E-state index in [1.54, 1.807) is 33.8 Å². The quantitative estimate of drug-likeness (QED) is 0.389. The Morgan fingerprint density at radius 2 is 1.75 bits per heavy atom. The van der Waals surface area contributed by atoms with Crippen LogP contribution < -0.4 is 0 Å². The monoisotopic (exact) mass is 388 g/mol. The Morgan fingerprint density at radius 1 is 1.18 bits per heavy atom. The topological polar surface area (TPSA) is 121 Å². The number of carbonyl (C=O) groups excluding carboxylic acids is 3. The average molecular weight is 388 g/mol. The third-order valence-electron chi connectivity index (χ3n) is 4.56. The largest absolute Gasteiger partial charge is 0.507 e. The van der Waals surface area contributed by atoms with Crippen molar-refractivity contribution in [3.8, 4) is 11.5 Å². The van der Waals surface area contributed by atoms with Gasteiger partial charge in [0.25, 0.3) is 0 Å². The number of benzene rings is 1. The first kappa shape index (κ1) is 21.4. The van der Waals surface area contributed by atoms with Gasteiger partial charge in [-0.3, -0.25) is 9.59 Å². The van der Waals surface area contributed by atoms with E-state index in [-0.39, 0.29) is 29.5 Å². The molecule has 0 aromatic heterocycles. The van der Waals surface area contributed by atoms with Crippen molar-refractivity contribution >= 4 is 17.5 Å². The molecule has 0 aliphatic heterocycles. The van der Waals surface area contributed by atoms with Crippen molar-refractivity contribution < 1.29 is 34.4 Å². The van der Waals surface area contributed by atoms with Gasteiger partial charge in [0, 0.05) is 11.1 Å². The lowest BCUT2D eigenvalue weighted by Gasteiger charge is -2.25. The summed E-state index contributed by atoms with van der Waals surface area (Å²) in [6.07, 6.45) is 2.88. The number of aliphatic hydroxyl groups is 1. The van der Waals surface area contributed by atoms with Gasteiger partial charge in [-0.05, 0) is 58.8 Å². The minimum Gasteiger partial charge on any atom is -0.507 e. The van der Waals surface area contributed by atoms with Gasteiger partial charge >= 0.3 is 5.97 Å². The first-order valence-electron chi connectivity index (χ1n) is 8.88. The van der Waals surface area contributed by atoms with E-state index in [2.05, 4.69) is 0 Å². The van der Waals surface area contributed by atoms with Gasteiger partial charge in [0.1, 0.15) is 17.6 Å². The number of ether oxygens (including phenoxy) is 1. The third-order valence-corrected chi connectivity index (χ3v) is 4.56. The molecule has 1 aromatic carbocycles. The molecule has 3 N–H and O–H groups in total. The van der Waals surface area contributed by atoms with Crippen LogP contribution in [0.3, 0.4) is 0 Å². The van der Waals surface area contributed by atoms with Crippen LogP contribution in [0.15, 0.2) is 29.9 Å². The van der Waals surface area contributed by atoms with Gasteiger partial charge in [-0.2, -0.15) is 0 Å². The smallest absolute Gasteiger partial charge is 0.333 e. The summed E-state index contributed by atoms with van der Waals surface area (Å²) in [6, 6.07) is 1.12. The van der Waals surface area contributed by atoms with Crippen LogP contribution in [0, 0.1) is 0 Å². The van der Waals surface area contributed by atoms with Gasteiger partial charge in [0.2, 0.25) is 0 Å². The number of phenolic OH excluding ortho intramolecular Hbond substituents is 2. The molecule has 1 aliphatic rings. The Bertz CT molecular complexity index is 885. The van der Waals surface area contributed by atoms with Crippen LogP contribution >= 0.6 is 0 Å². The molecule has 0 amide bonds. The zero-order valence-corrected chi connectivity index (χ0v) is 16.3. The fourth-order valence-electron chi connectivity index (χ4n) is 2.83. The van der Waals surface area contributed by atoms with Crippen molar-refractivity contribution in [3.63, 3.8) is 0 Å². The second-order valence-electron chi connectivity index (χ2n) is 7.36. The molecule has 0 bridgehead atoms. The SMILES string of the molecule is C/C=C(\C)C(=O)O[C@H](CCC(C)(C)O)c1cc(O)c2c(c1O)C(=O)C=CC2=O. The number of carbonyl (C=O) groups is 3. The first-order valence-corrected chi connectivity index (χ1v) is 8.88. The Labute approximate surface area is 163 Å². The van der Waals surface area contributed by atoms with Crippen LogP contribution in [0.2, 0.25) is 0 Å². The highest BCUT2D eigenvalue weighted by Gasteiger charge is 2.32. The van der Waals surface area contributed by atoms with Crippen molar-refractivity contribution in [1.82, 2.24) is 0 Å². The maximum Gasteiger partial charge on any atom is 0.333 e. The highest BCUT2D eigenvalue weighted by atomic mass is 16.5. The summed E-state index contributed by atoms with van der Waals surface area (Å²) < 4.78 is 5.47. The molecule has 0 fully saturated rings. The fourth-order valence-corrected chi connectivity index (χ4v) is 2.83. The number of phenols is 2. The van der Waals surface area contributed by atoms with Crippen LogP contribution in [-0.2, 0) is 9.53 Å². The Kier molecular flexibility index (Phi) is 6.09. The van der Waals surface area contributed by atoms with Crippen molar-refractivity contribution in [2.45, 2.75) is 52.2 Å². The van der Waals surface area contributed by atoms with E-state index >= 15 is 0 Å². The molecule has 7 heteroatoms. The average Bonchev–Trinajstić information content (AvgIpc) is 2.61. The lowest BCUT2D eigenvalue weighted by atomic mass is 9.88. The van der Waals surface area contributed by atoms with E-state index in [0.29, 0.717) is 5.57 Å². The van der Waals surface area contributed by atoms with E-state index in [4.69, 9.17) is 4.74 Å². The maximum atomic E-state index is 12.3. The van der Waals surface area contributed by atoms with E-state index < -0.39 is 40.7 Å². The number of allylic oxidation sites excluding steroid dienone is 3. The van der Waals surface area contributed by atoms with Gasteiger partial charge in [0.05, 0.1) is 16.7 Å². The van der Waals surface area contributed by atoms with Crippen molar-refractivity contribution in [3.05, 3.63) is 46.6 Å². The van der Waals surface area contributed by atoms with Crippen molar-refractivity contribution in [1.29, 1.82) is 0 Å². The van der Waals surface area contributed by atoms with Crippen molar-refractivity contribution in [2.24, 2.45) is 0 Å². The first-order chi connectivity index (χ1) is 13.0. The summed E-state index contributed by atoms with van der Waals surface area (Å²) >= 11 is 0. The lowest BCUT2D eigenvalue weighted by molar-refractivity contribution is -0.145. The standard InChI is InChI=1S/C21H24O7/c1-5-11(2)20(26)28-16(8-9-21(3,4)27)12-10-15(24)17-13(22)6-7-14(23)18(17)19(12)25/h5-7,10,16,24-25,27H,8-9H2,1-4H3/b11-5+/t16-/m1/s1. The van der Waals surface area contributed by atoms with Gasteiger partial charge in [-0.1, -0.05) is 6.08 Å². The predicted molar refractivity (Wildman–Crippen MR) is 101 cm³/mol. The predicted octanol–water partition coefficient (Wildman–Crippen LogP) is 3.13. The van der Waals surface area contributed by atoms with Crippen molar-refractivity contribution in [2.75, 3.05) is 0 Å². The molecule has 2 rings (SSSR count). The number of hydrogen-bond donors (Lipinski definition) is 3. The molecule has 1 atom stereocenters. The molecule has 1 aliphatic carbocycles. The number of rotatable bonds is 6. The number of aromatic hydroxyl groups is 2. The highest BCUT2D eigenvalue weighted by Crippen LogP contribution is 2.41. The number of hydrogen-bond acceptors (Lipinski definition) is 7. The second-order valence-corrected chi connectivity index (χ2v) is 7.36. The Balaban J connectivity index is 2.55. The molecule has 0 heterocycles. The molecule has 7 nitrogen and oxygen atoms in total. The summed E-state index contributed by atoms with van der Waals surface area (Å²) in [6.45, 7) is 6.40. The summed E-state index contributed by atoms with van der Waals surface area (Å²) in [7, 11) is 0. The second kappa shape index (κ2) is 7.98. The minimum atomic E-state index is -1.07. The molecule has 150 valence electrons. The van der Waals surface area contributed by atoms with Gasteiger partial charge < -0.3 is 20.1 Å². The molecular formula is C21H24O7. The van der Waals surface area contributed by atoms with Crippen LogP contribution in [0.4, 0.5) is 0 Å². The van der Waals surface area contributed by atoms with Gasteiger partial charge in [-0.15, -0.1) is 0 Å². The summed E-state index contributed by atoms with van der Waals surface area (Å²) in [5.74, 6) is -2.90.